The Morgan fingerprint density at radius 3 is 3.08 bits per heavy atom. The molecule has 3 nitrogen and oxygen atoms in total. The number of methoxy groups -OCH3 is 1. The van der Waals surface area contributed by atoms with Crippen LogP contribution in [0.2, 0.25) is 0 Å². The van der Waals surface area contributed by atoms with Crippen molar-refractivity contribution < 1.29 is 4.74 Å². The Hall–Kier alpha value is -0.800. The first-order valence-electron chi connectivity index (χ1n) is 4.69. The second-order valence-electron chi connectivity index (χ2n) is 3.17. The summed E-state index contributed by atoms with van der Waals surface area (Å²) in [5.74, 6) is 0. The molecule has 0 fully saturated rings. The molecule has 0 saturated heterocycles. The van der Waals surface area contributed by atoms with Crippen LogP contribution in [0.1, 0.15) is 24.9 Å². The summed E-state index contributed by atoms with van der Waals surface area (Å²) in [5.41, 5.74) is 1.30. The zero-order valence-corrected chi connectivity index (χ0v) is 8.34. The zero-order chi connectivity index (χ0) is 9.52. The summed E-state index contributed by atoms with van der Waals surface area (Å²) in [4.78, 5) is 3.05. The number of hydrogen-bond donors (Lipinski definition) is 2. The second-order valence-corrected chi connectivity index (χ2v) is 3.17. The largest absolute Gasteiger partial charge is 0.385 e. The molecule has 0 radical (unpaired) electrons. The van der Waals surface area contributed by atoms with Crippen molar-refractivity contribution in [1.82, 2.24) is 10.3 Å². The molecule has 0 spiro atoms. The van der Waals surface area contributed by atoms with E-state index in [2.05, 4.69) is 23.3 Å². The van der Waals surface area contributed by atoms with Crippen LogP contribution in [0.15, 0.2) is 18.5 Å². The highest BCUT2D eigenvalue weighted by atomic mass is 16.5. The zero-order valence-electron chi connectivity index (χ0n) is 8.34. The van der Waals surface area contributed by atoms with Gasteiger partial charge in [-0.25, -0.2) is 0 Å². The summed E-state index contributed by atoms with van der Waals surface area (Å²) >= 11 is 0. The summed E-state index contributed by atoms with van der Waals surface area (Å²) in [5, 5.41) is 3.42. The van der Waals surface area contributed by atoms with Crippen LogP contribution in [-0.4, -0.2) is 25.2 Å². The first-order chi connectivity index (χ1) is 6.34. The van der Waals surface area contributed by atoms with Gasteiger partial charge in [-0.15, -0.1) is 0 Å². The number of H-pyrrole nitrogens is 1. The highest BCUT2D eigenvalue weighted by molar-refractivity contribution is 5.12. The molecule has 0 aliphatic heterocycles. The molecular formula is C10H18N2O. The van der Waals surface area contributed by atoms with E-state index in [9.17, 15) is 0 Å². The van der Waals surface area contributed by atoms with Gasteiger partial charge in [0.25, 0.3) is 0 Å². The highest BCUT2D eigenvalue weighted by Crippen LogP contribution is 2.09. The summed E-state index contributed by atoms with van der Waals surface area (Å²) in [6.45, 7) is 3.99. The number of ether oxygens (including phenoxy) is 1. The average molecular weight is 182 g/mol. The van der Waals surface area contributed by atoms with Crippen LogP contribution in [-0.2, 0) is 4.74 Å². The minimum atomic E-state index is 0.420. The van der Waals surface area contributed by atoms with Crippen LogP contribution in [0.25, 0.3) is 0 Å². The third kappa shape index (κ3) is 3.61. The predicted molar refractivity (Wildman–Crippen MR) is 53.7 cm³/mol. The molecule has 0 aromatic carbocycles. The van der Waals surface area contributed by atoms with Gasteiger partial charge in [0.2, 0.25) is 0 Å². The minimum Gasteiger partial charge on any atom is -0.385 e. The van der Waals surface area contributed by atoms with Gasteiger partial charge in [-0.2, -0.15) is 0 Å². The van der Waals surface area contributed by atoms with Crippen molar-refractivity contribution in [2.75, 3.05) is 20.3 Å². The van der Waals surface area contributed by atoms with Crippen LogP contribution >= 0.6 is 0 Å². The summed E-state index contributed by atoms with van der Waals surface area (Å²) in [6.07, 6.45) is 5.03. The second kappa shape index (κ2) is 5.78. The molecule has 0 aliphatic carbocycles. The fraction of sp³-hybridized carbons (Fsp3) is 0.600. The molecule has 1 aromatic heterocycles. The van der Waals surface area contributed by atoms with Gasteiger partial charge in [0, 0.05) is 32.2 Å². The van der Waals surface area contributed by atoms with Gasteiger partial charge in [0.1, 0.15) is 0 Å². The Labute approximate surface area is 79.5 Å². The standard InChI is InChI=1S/C10H18N2O/c1-9(10-4-6-11-8-10)12-5-3-7-13-2/h4,6,8-9,11-12H,3,5,7H2,1-2H3. The van der Waals surface area contributed by atoms with E-state index < -0.39 is 0 Å². The van der Waals surface area contributed by atoms with Crippen molar-refractivity contribution in [3.63, 3.8) is 0 Å². The topological polar surface area (TPSA) is 37.0 Å². The van der Waals surface area contributed by atoms with E-state index in [1.165, 1.54) is 5.56 Å². The van der Waals surface area contributed by atoms with E-state index in [4.69, 9.17) is 4.74 Å². The fourth-order valence-corrected chi connectivity index (χ4v) is 1.26. The average Bonchev–Trinajstić information content (AvgIpc) is 2.65. The van der Waals surface area contributed by atoms with Crippen molar-refractivity contribution >= 4 is 0 Å². The van der Waals surface area contributed by atoms with Crippen LogP contribution in [0.3, 0.4) is 0 Å². The molecule has 3 heteroatoms. The smallest absolute Gasteiger partial charge is 0.0474 e. The van der Waals surface area contributed by atoms with Gasteiger partial charge in [-0.05, 0) is 31.5 Å². The van der Waals surface area contributed by atoms with Crippen molar-refractivity contribution in [2.45, 2.75) is 19.4 Å². The Bertz CT molecular complexity index is 209. The van der Waals surface area contributed by atoms with E-state index in [-0.39, 0.29) is 0 Å². The molecule has 74 valence electrons. The molecule has 0 saturated carbocycles. The maximum atomic E-state index is 4.97. The van der Waals surface area contributed by atoms with Crippen molar-refractivity contribution in [1.29, 1.82) is 0 Å². The monoisotopic (exact) mass is 182 g/mol. The fourth-order valence-electron chi connectivity index (χ4n) is 1.26. The van der Waals surface area contributed by atoms with Gasteiger partial charge in [-0.3, -0.25) is 0 Å². The van der Waals surface area contributed by atoms with Crippen LogP contribution in [0.5, 0.6) is 0 Å². The lowest BCUT2D eigenvalue weighted by atomic mass is 10.2. The molecule has 1 aromatic rings. The Morgan fingerprint density at radius 1 is 1.62 bits per heavy atom. The summed E-state index contributed by atoms with van der Waals surface area (Å²) < 4.78 is 4.97. The number of aromatic nitrogens is 1. The number of nitrogens with one attached hydrogen (secondary N) is 2. The maximum Gasteiger partial charge on any atom is 0.0474 e. The maximum absolute atomic E-state index is 4.97. The van der Waals surface area contributed by atoms with Gasteiger partial charge in [0.05, 0.1) is 0 Å². The van der Waals surface area contributed by atoms with Crippen molar-refractivity contribution in [2.24, 2.45) is 0 Å². The Morgan fingerprint density at radius 2 is 2.46 bits per heavy atom. The highest BCUT2D eigenvalue weighted by Gasteiger charge is 2.02. The van der Waals surface area contributed by atoms with Gasteiger partial charge in [0.15, 0.2) is 0 Å². The first-order valence-corrected chi connectivity index (χ1v) is 4.69. The predicted octanol–water partition coefficient (Wildman–Crippen LogP) is 1.70. The lowest BCUT2D eigenvalue weighted by Gasteiger charge is -2.11. The molecule has 0 bridgehead atoms. The van der Waals surface area contributed by atoms with Gasteiger partial charge in [-0.1, -0.05) is 0 Å². The van der Waals surface area contributed by atoms with Crippen LogP contribution in [0, 0.1) is 0 Å². The molecule has 0 aliphatic rings. The molecule has 13 heavy (non-hydrogen) atoms. The molecule has 1 unspecified atom stereocenters. The quantitative estimate of drug-likeness (QED) is 0.657. The Balaban J connectivity index is 2.15. The summed E-state index contributed by atoms with van der Waals surface area (Å²) in [6, 6.07) is 2.51. The molecule has 1 heterocycles. The number of aromatic amines is 1. The van der Waals surface area contributed by atoms with Gasteiger partial charge >= 0.3 is 0 Å². The number of rotatable bonds is 6. The van der Waals surface area contributed by atoms with Crippen molar-refractivity contribution in [3.05, 3.63) is 24.0 Å². The Kier molecular flexibility index (Phi) is 4.57. The van der Waals surface area contributed by atoms with E-state index in [0.717, 1.165) is 19.6 Å². The number of hydrogen-bond acceptors (Lipinski definition) is 2. The minimum absolute atomic E-state index is 0.420. The van der Waals surface area contributed by atoms with Gasteiger partial charge < -0.3 is 15.0 Å². The molecule has 1 rings (SSSR count). The van der Waals surface area contributed by atoms with E-state index in [1.54, 1.807) is 7.11 Å². The summed E-state index contributed by atoms with van der Waals surface area (Å²) in [7, 11) is 1.73. The van der Waals surface area contributed by atoms with E-state index >= 15 is 0 Å². The van der Waals surface area contributed by atoms with E-state index in [1.807, 2.05) is 12.4 Å². The lowest BCUT2D eigenvalue weighted by Crippen LogP contribution is -2.20. The first kappa shape index (κ1) is 10.3. The van der Waals surface area contributed by atoms with Crippen molar-refractivity contribution in [3.8, 4) is 0 Å². The van der Waals surface area contributed by atoms with Crippen LogP contribution < -0.4 is 5.32 Å². The lowest BCUT2D eigenvalue weighted by molar-refractivity contribution is 0.193. The SMILES string of the molecule is COCCCNC(C)c1cc[nH]c1. The molecule has 1 atom stereocenters. The van der Waals surface area contributed by atoms with Crippen LogP contribution in [0.4, 0.5) is 0 Å². The molecule has 2 N–H and O–H groups in total. The third-order valence-electron chi connectivity index (χ3n) is 2.10. The normalized spacial score (nSPS) is 13.1. The third-order valence-corrected chi connectivity index (χ3v) is 2.10. The molecule has 0 amide bonds. The van der Waals surface area contributed by atoms with E-state index in [0.29, 0.717) is 6.04 Å². The molecular weight excluding hydrogens is 164 g/mol.